The Balaban J connectivity index is 1.57. The van der Waals surface area contributed by atoms with Crippen molar-refractivity contribution in [2.45, 2.75) is 25.4 Å². The van der Waals surface area contributed by atoms with Crippen LogP contribution in [0.4, 0.5) is 4.79 Å². The number of amides is 4. The molecular weight excluding hydrogens is 414 g/mol. The lowest BCUT2D eigenvalue weighted by Gasteiger charge is -2.28. The van der Waals surface area contributed by atoms with Gasteiger partial charge in [0.1, 0.15) is 6.54 Å². The highest BCUT2D eigenvalue weighted by molar-refractivity contribution is 6.11. The number of benzene rings is 3. The fourth-order valence-corrected chi connectivity index (χ4v) is 4.15. The number of likely N-dealkylation sites (N-methyl/N-ethyl adjacent to an activating group) is 1. The second kappa shape index (κ2) is 9.28. The van der Waals surface area contributed by atoms with Gasteiger partial charge < -0.3 is 10.2 Å². The number of rotatable bonds is 7. The van der Waals surface area contributed by atoms with Crippen molar-refractivity contribution in [3.63, 3.8) is 0 Å². The Labute approximate surface area is 193 Å². The summed E-state index contributed by atoms with van der Waals surface area (Å²) in [5, 5.41) is 2.87. The molecule has 33 heavy (non-hydrogen) atoms. The van der Waals surface area contributed by atoms with Crippen LogP contribution < -0.4 is 5.32 Å². The van der Waals surface area contributed by atoms with Crippen molar-refractivity contribution in [2.24, 2.45) is 0 Å². The summed E-state index contributed by atoms with van der Waals surface area (Å²) in [5.74, 6) is -0.769. The third-order valence-corrected chi connectivity index (χ3v) is 6.09. The van der Waals surface area contributed by atoms with E-state index in [4.69, 9.17) is 0 Å². The standard InChI is InChI=1S/C27H27N3O3/c1-3-20-14-16-21(17-15-20)18-29(2)24(31)19-30-25(32)27(28-26(30)33,22-10-6-4-7-11-22)23-12-8-5-9-13-23/h4-17H,3,18-19H2,1-2H3,(H,28,33). The number of imide groups is 1. The van der Waals surface area contributed by atoms with Crippen molar-refractivity contribution in [3.8, 4) is 0 Å². The number of urea groups is 1. The molecule has 1 saturated heterocycles. The molecule has 6 nitrogen and oxygen atoms in total. The Bertz CT molecular complexity index is 1100. The Hall–Kier alpha value is -3.93. The molecule has 4 rings (SSSR count). The second-order valence-electron chi connectivity index (χ2n) is 8.22. The zero-order valence-electron chi connectivity index (χ0n) is 18.8. The summed E-state index contributed by atoms with van der Waals surface area (Å²) in [7, 11) is 1.68. The van der Waals surface area contributed by atoms with Gasteiger partial charge in [0, 0.05) is 13.6 Å². The van der Waals surface area contributed by atoms with E-state index in [0.29, 0.717) is 17.7 Å². The zero-order chi connectivity index (χ0) is 23.4. The first-order valence-electron chi connectivity index (χ1n) is 11.0. The lowest BCUT2D eigenvalue weighted by Crippen LogP contribution is -2.46. The molecule has 4 amide bonds. The fraction of sp³-hybridized carbons (Fsp3) is 0.222. The van der Waals surface area contributed by atoms with Crippen LogP contribution in [0.3, 0.4) is 0 Å². The number of nitrogens with zero attached hydrogens (tertiary/aromatic N) is 2. The van der Waals surface area contributed by atoms with Crippen LogP contribution in [0.25, 0.3) is 0 Å². The maximum Gasteiger partial charge on any atom is 0.326 e. The van der Waals surface area contributed by atoms with E-state index < -0.39 is 17.5 Å². The number of carbonyl (C=O) groups is 3. The van der Waals surface area contributed by atoms with E-state index in [1.807, 2.05) is 84.9 Å². The SMILES string of the molecule is CCc1ccc(CN(C)C(=O)CN2C(=O)NC(c3ccccc3)(c3ccccc3)C2=O)cc1. The smallest absolute Gasteiger partial charge is 0.326 e. The van der Waals surface area contributed by atoms with Gasteiger partial charge in [0.2, 0.25) is 5.91 Å². The van der Waals surface area contributed by atoms with Crippen molar-refractivity contribution < 1.29 is 14.4 Å². The van der Waals surface area contributed by atoms with Crippen molar-refractivity contribution in [3.05, 3.63) is 107 Å². The van der Waals surface area contributed by atoms with Gasteiger partial charge in [-0.2, -0.15) is 0 Å². The number of hydrogen-bond donors (Lipinski definition) is 1. The molecule has 3 aromatic rings. The monoisotopic (exact) mass is 441 g/mol. The lowest BCUT2D eigenvalue weighted by molar-refractivity contribution is -0.138. The number of carbonyl (C=O) groups excluding carboxylic acids is 3. The zero-order valence-corrected chi connectivity index (χ0v) is 18.8. The van der Waals surface area contributed by atoms with Gasteiger partial charge in [-0.3, -0.25) is 14.5 Å². The molecule has 6 heteroatoms. The van der Waals surface area contributed by atoms with E-state index in [9.17, 15) is 14.4 Å². The normalized spacial score (nSPS) is 14.8. The van der Waals surface area contributed by atoms with Gasteiger partial charge >= 0.3 is 6.03 Å². The van der Waals surface area contributed by atoms with E-state index in [2.05, 4.69) is 12.2 Å². The predicted molar refractivity (Wildman–Crippen MR) is 126 cm³/mol. The number of hydrogen-bond acceptors (Lipinski definition) is 3. The first-order chi connectivity index (χ1) is 16.0. The topological polar surface area (TPSA) is 69.7 Å². The molecule has 168 valence electrons. The van der Waals surface area contributed by atoms with Crippen LogP contribution in [0.15, 0.2) is 84.9 Å². The minimum Gasteiger partial charge on any atom is -0.340 e. The summed E-state index contributed by atoms with van der Waals surface area (Å²) >= 11 is 0. The van der Waals surface area contributed by atoms with Crippen LogP contribution in [0.1, 0.15) is 29.2 Å². The van der Waals surface area contributed by atoms with Gasteiger partial charge in [0.15, 0.2) is 5.54 Å². The molecule has 1 heterocycles. The quantitative estimate of drug-likeness (QED) is 0.569. The lowest BCUT2D eigenvalue weighted by atomic mass is 9.82. The first kappa shape index (κ1) is 22.3. The van der Waals surface area contributed by atoms with Crippen LogP contribution in [0, 0.1) is 0 Å². The summed E-state index contributed by atoms with van der Waals surface area (Å²) in [4.78, 5) is 42.2. The van der Waals surface area contributed by atoms with E-state index in [-0.39, 0.29) is 12.5 Å². The molecule has 0 aliphatic carbocycles. The number of aryl methyl sites for hydroxylation is 1. The molecule has 1 N–H and O–H groups in total. The second-order valence-corrected chi connectivity index (χ2v) is 8.22. The van der Waals surface area contributed by atoms with Crippen LogP contribution >= 0.6 is 0 Å². The highest BCUT2D eigenvalue weighted by Crippen LogP contribution is 2.35. The molecule has 0 spiro atoms. The molecule has 1 aliphatic rings. The molecule has 3 aromatic carbocycles. The number of nitrogens with one attached hydrogen (secondary N) is 1. The Morgan fingerprint density at radius 2 is 1.36 bits per heavy atom. The van der Waals surface area contributed by atoms with Crippen molar-refractivity contribution in [1.82, 2.24) is 15.1 Å². The molecule has 0 aromatic heterocycles. The van der Waals surface area contributed by atoms with Gasteiger partial charge in [-0.15, -0.1) is 0 Å². The highest BCUT2D eigenvalue weighted by atomic mass is 16.2. The maximum atomic E-state index is 13.7. The average Bonchev–Trinajstić information content (AvgIpc) is 3.11. The van der Waals surface area contributed by atoms with Crippen LogP contribution in [0.5, 0.6) is 0 Å². The van der Waals surface area contributed by atoms with E-state index in [0.717, 1.165) is 16.9 Å². The molecule has 0 unspecified atom stereocenters. The Kier molecular flexibility index (Phi) is 6.27. The summed E-state index contributed by atoms with van der Waals surface area (Å²) in [6.45, 7) is 2.16. The van der Waals surface area contributed by atoms with Gasteiger partial charge in [-0.05, 0) is 28.7 Å². The van der Waals surface area contributed by atoms with Crippen molar-refractivity contribution in [1.29, 1.82) is 0 Å². The van der Waals surface area contributed by atoms with Crippen LogP contribution in [-0.4, -0.2) is 41.2 Å². The Morgan fingerprint density at radius 1 is 0.848 bits per heavy atom. The third kappa shape index (κ3) is 4.24. The van der Waals surface area contributed by atoms with Gasteiger partial charge in [-0.25, -0.2) is 4.79 Å². The molecule has 0 saturated carbocycles. The summed E-state index contributed by atoms with van der Waals surface area (Å²) in [6.07, 6.45) is 0.950. The molecule has 1 aliphatic heterocycles. The van der Waals surface area contributed by atoms with Crippen molar-refractivity contribution in [2.75, 3.05) is 13.6 Å². The maximum absolute atomic E-state index is 13.7. The summed E-state index contributed by atoms with van der Waals surface area (Å²) in [6, 6.07) is 25.7. The predicted octanol–water partition coefficient (Wildman–Crippen LogP) is 3.70. The van der Waals surface area contributed by atoms with E-state index in [1.54, 1.807) is 7.05 Å². The first-order valence-corrected chi connectivity index (χ1v) is 11.0. The molecule has 0 radical (unpaired) electrons. The molecular formula is C27H27N3O3. The average molecular weight is 442 g/mol. The Morgan fingerprint density at radius 3 is 1.88 bits per heavy atom. The highest BCUT2D eigenvalue weighted by Gasteiger charge is 2.54. The summed E-state index contributed by atoms with van der Waals surface area (Å²) in [5.41, 5.74) is 2.14. The van der Waals surface area contributed by atoms with Gasteiger partial charge in [0.05, 0.1) is 0 Å². The van der Waals surface area contributed by atoms with E-state index in [1.165, 1.54) is 10.5 Å². The third-order valence-electron chi connectivity index (χ3n) is 6.09. The fourth-order valence-electron chi connectivity index (χ4n) is 4.15. The minimum absolute atomic E-state index is 0.310. The van der Waals surface area contributed by atoms with Gasteiger partial charge in [0.25, 0.3) is 5.91 Å². The minimum atomic E-state index is -1.37. The molecule has 0 atom stereocenters. The largest absolute Gasteiger partial charge is 0.340 e. The van der Waals surface area contributed by atoms with Crippen molar-refractivity contribution >= 4 is 17.8 Å². The molecule has 1 fully saturated rings. The summed E-state index contributed by atoms with van der Waals surface area (Å²) < 4.78 is 0. The van der Waals surface area contributed by atoms with Crippen LogP contribution in [-0.2, 0) is 28.1 Å². The molecule has 0 bridgehead atoms. The van der Waals surface area contributed by atoms with E-state index >= 15 is 0 Å². The van der Waals surface area contributed by atoms with Crippen LogP contribution in [0.2, 0.25) is 0 Å². The van der Waals surface area contributed by atoms with Gasteiger partial charge in [-0.1, -0.05) is 91.9 Å².